The average Bonchev–Trinajstić information content (AvgIpc) is 3.27. The van der Waals surface area contributed by atoms with Gasteiger partial charge in [0.2, 0.25) is 5.95 Å². The molecule has 0 fully saturated rings. The minimum atomic E-state index is -0.192. The summed E-state index contributed by atoms with van der Waals surface area (Å²) >= 11 is 3.57. The molecule has 2 bridgehead atoms. The second-order valence-electron chi connectivity index (χ2n) is 8.64. The van der Waals surface area contributed by atoms with E-state index in [-0.39, 0.29) is 5.91 Å². The summed E-state index contributed by atoms with van der Waals surface area (Å²) in [4.78, 5) is 22.7. The standard InChI is InChI=1S/C24H25BrN6O/c1-14-5-4-6-21-18(12-26-30(21)3)20-10-16(9-15(2)27-20)23(32)29-24-28-19-8-7-17(25)11-22(19)31(24)13-14/h7-12,14H,4-6,13H2,1-3H3,(H,28,29,32)/t14-/m1/s1. The van der Waals surface area contributed by atoms with Gasteiger partial charge in [-0.3, -0.25) is 19.8 Å². The van der Waals surface area contributed by atoms with E-state index >= 15 is 0 Å². The second kappa shape index (κ2) is 8.16. The Bertz CT molecular complexity index is 1340. The lowest BCUT2D eigenvalue weighted by atomic mass is 10.00. The van der Waals surface area contributed by atoms with Crippen LogP contribution in [0.15, 0.2) is 41.0 Å². The molecule has 0 aliphatic carbocycles. The number of halogens is 1. The number of hydrogen-bond acceptors (Lipinski definition) is 4. The number of rotatable bonds is 0. The highest BCUT2D eigenvalue weighted by atomic mass is 79.9. The Kier molecular flexibility index (Phi) is 5.33. The number of amides is 1. The molecule has 4 heterocycles. The van der Waals surface area contributed by atoms with Crippen molar-refractivity contribution in [3.05, 3.63) is 58.0 Å². The smallest absolute Gasteiger partial charge is 0.258 e. The molecule has 0 radical (unpaired) electrons. The Morgan fingerprint density at radius 1 is 1.19 bits per heavy atom. The predicted octanol–water partition coefficient (Wildman–Crippen LogP) is 5.13. The molecule has 3 aromatic heterocycles. The molecular weight excluding hydrogens is 468 g/mol. The molecule has 5 rings (SSSR count). The number of aromatic nitrogens is 5. The number of carbonyl (C=O) groups excluding carboxylic acids is 1. The van der Waals surface area contributed by atoms with Gasteiger partial charge < -0.3 is 4.57 Å². The molecule has 1 aliphatic heterocycles. The summed E-state index contributed by atoms with van der Waals surface area (Å²) in [5.41, 5.74) is 6.15. The van der Waals surface area contributed by atoms with Crippen LogP contribution >= 0.6 is 15.9 Å². The van der Waals surface area contributed by atoms with Crippen LogP contribution in [0.4, 0.5) is 5.95 Å². The highest BCUT2D eigenvalue weighted by molar-refractivity contribution is 9.10. The minimum Gasteiger partial charge on any atom is -0.310 e. The summed E-state index contributed by atoms with van der Waals surface area (Å²) in [6.45, 7) is 4.94. The Morgan fingerprint density at radius 3 is 2.88 bits per heavy atom. The molecule has 32 heavy (non-hydrogen) atoms. The van der Waals surface area contributed by atoms with E-state index in [2.05, 4.69) is 43.9 Å². The molecule has 0 unspecified atom stereocenters. The van der Waals surface area contributed by atoms with Crippen LogP contribution in [0.5, 0.6) is 0 Å². The van der Waals surface area contributed by atoms with Crippen molar-refractivity contribution in [2.24, 2.45) is 13.0 Å². The molecule has 1 aliphatic rings. The molecule has 7 nitrogen and oxygen atoms in total. The number of benzene rings is 1. The topological polar surface area (TPSA) is 77.6 Å². The van der Waals surface area contributed by atoms with Gasteiger partial charge in [-0.05, 0) is 62.4 Å². The van der Waals surface area contributed by atoms with Gasteiger partial charge in [0.25, 0.3) is 5.91 Å². The molecular formula is C24H25BrN6O. The van der Waals surface area contributed by atoms with Gasteiger partial charge in [-0.15, -0.1) is 0 Å². The van der Waals surface area contributed by atoms with Crippen molar-refractivity contribution in [3.8, 4) is 11.3 Å². The largest absolute Gasteiger partial charge is 0.310 e. The first-order chi connectivity index (χ1) is 15.4. The van der Waals surface area contributed by atoms with Gasteiger partial charge in [-0.25, -0.2) is 4.98 Å². The fraction of sp³-hybridized carbons (Fsp3) is 0.333. The fourth-order valence-corrected chi connectivity index (χ4v) is 4.83. The lowest BCUT2D eigenvalue weighted by molar-refractivity contribution is 0.102. The van der Waals surface area contributed by atoms with Crippen molar-refractivity contribution < 1.29 is 4.79 Å². The monoisotopic (exact) mass is 492 g/mol. The number of hydrogen-bond donors (Lipinski definition) is 1. The number of anilines is 1. The number of fused-ring (bicyclic) bond motifs is 7. The number of nitrogens with zero attached hydrogens (tertiary/aromatic N) is 5. The van der Waals surface area contributed by atoms with E-state index in [0.717, 1.165) is 64.0 Å². The molecule has 1 N–H and O–H groups in total. The third kappa shape index (κ3) is 3.83. The van der Waals surface area contributed by atoms with E-state index in [4.69, 9.17) is 9.97 Å². The molecule has 164 valence electrons. The van der Waals surface area contributed by atoms with E-state index in [1.807, 2.05) is 49.1 Å². The Balaban J connectivity index is 1.64. The van der Waals surface area contributed by atoms with Crippen molar-refractivity contribution in [2.45, 2.75) is 39.7 Å². The van der Waals surface area contributed by atoms with Crippen molar-refractivity contribution in [2.75, 3.05) is 5.32 Å². The van der Waals surface area contributed by atoms with E-state index < -0.39 is 0 Å². The van der Waals surface area contributed by atoms with E-state index in [9.17, 15) is 4.79 Å². The van der Waals surface area contributed by atoms with Gasteiger partial charge in [0.1, 0.15) is 0 Å². The van der Waals surface area contributed by atoms with Crippen LogP contribution in [0.2, 0.25) is 0 Å². The number of nitrogens with one attached hydrogen (secondary N) is 1. The molecule has 1 amide bonds. The van der Waals surface area contributed by atoms with Crippen molar-refractivity contribution >= 4 is 38.8 Å². The third-order valence-corrected chi connectivity index (χ3v) is 6.59. The van der Waals surface area contributed by atoms with Crippen LogP contribution < -0.4 is 5.32 Å². The van der Waals surface area contributed by atoms with Crippen LogP contribution in [0.25, 0.3) is 22.3 Å². The van der Waals surface area contributed by atoms with Gasteiger partial charge in [0.05, 0.1) is 22.9 Å². The Morgan fingerprint density at radius 2 is 2.03 bits per heavy atom. The Labute approximate surface area is 195 Å². The zero-order chi connectivity index (χ0) is 22.4. The summed E-state index contributed by atoms with van der Waals surface area (Å²) in [5.74, 6) is 0.799. The van der Waals surface area contributed by atoms with Crippen molar-refractivity contribution in [1.29, 1.82) is 0 Å². The zero-order valence-corrected chi connectivity index (χ0v) is 20.0. The first-order valence-corrected chi connectivity index (χ1v) is 11.7. The number of imidazole rings is 1. The normalized spacial score (nSPS) is 16.9. The van der Waals surface area contributed by atoms with E-state index in [1.165, 1.54) is 0 Å². The Hall–Kier alpha value is -3.00. The van der Waals surface area contributed by atoms with E-state index in [1.54, 1.807) is 0 Å². The highest BCUT2D eigenvalue weighted by Gasteiger charge is 2.20. The predicted molar refractivity (Wildman–Crippen MR) is 129 cm³/mol. The van der Waals surface area contributed by atoms with Gasteiger partial charge >= 0.3 is 0 Å². The van der Waals surface area contributed by atoms with Gasteiger partial charge in [0.15, 0.2) is 0 Å². The minimum absolute atomic E-state index is 0.192. The van der Waals surface area contributed by atoms with Gasteiger partial charge in [-0.1, -0.05) is 22.9 Å². The lowest BCUT2D eigenvalue weighted by Crippen LogP contribution is -2.18. The summed E-state index contributed by atoms with van der Waals surface area (Å²) in [6, 6.07) is 9.67. The maximum Gasteiger partial charge on any atom is 0.258 e. The summed E-state index contributed by atoms with van der Waals surface area (Å²) in [7, 11) is 1.97. The summed E-state index contributed by atoms with van der Waals surface area (Å²) < 4.78 is 5.04. The third-order valence-electron chi connectivity index (χ3n) is 6.09. The lowest BCUT2D eigenvalue weighted by Gasteiger charge is -2.17. The summed E-state index contributed by atoms with van der Waals surface area (Å²) in [5, 5.41) is 7.53. The van der Waals surface area contributed by atoms with Crippen LogP contribution in [0.3, 0.4) is 0 Å². The van der Waals surface area contributed by atoms with Gasteiger partial charge in [-0.2, -0.15) is 5.10 Å². The molecule has 4 aromatic rings. The second-order valence-corrected chi connectivity index (χ2v) is 9.56. The van der Waals surface area contributed by atoms with Crippen molar-refractivity contribution in [3.63, 3.8) is 0 Å². The molecule has 0 saturated heterocycles. The van der Waals surface area contributed by atoms with Gasteiger partial charge in [0, 0.05) is 40.6 Å². The molecule has 0 saturated carbocycles. The highest BCUT2D eigenvalue weighted by Crippen LogP contribution is 2.29. The zero-order valence-electron chi connectivity index (χ0n) is 18.4. The number of pyridine rings is 1. The van der Waals surface area contributed by atoms with Crippen LogP contribution in [0.1, 0.15) is 41.5 Å². The van der Waals surface area contributed by atoms with Crippen LogP contribution in [-0.2, 0) is 20.0 Å². The summed E-state index contributed by atoms with van der Waals surface area (Å²) in [6.07, 6.45) is 4.87. The first kappa shape index (κ1) is 20.9. The molecule has 1 aromatic carbocycles. The molecule has 8 heteroatoms. The molecule has 0 spiro atoms. The number of carbonyl (C=O) groups is 1. The maximum absolute atomic E-state index is 13.3. The average molecular weight is 493 g/mol. The fourth-order valence-electron chi connectivity index (χ4n) is 4.48. The number of aryl methyl sites for hydroxylation is 2. The maximum atomic E-state index is 13.3. The molecule has 1 atom stereocenters. The first-order valence-electron chi connectivity index (χ1n) is 10.9. The SMILES string of the molecule is Cc1cc2cc(n1)-c1cnn(C)c1CCC[C@@H](C)Cn1c(nc3ccc(Br)cc31)NC2=O. The quantitative estimate of drug-likeness (QED) is 0.369. The van der Waals surface area contributed by atoms with Crippen molar-refractivity contribution in [1.82, 2.24) is 24.3 Å². The van der Waals surface area contributed by atoms with Crippen LogP contribution in [-0.4, -0.2) is 30.2 Å². The van der Waals surface area contributed by atoms with E-state index in [0.29, 0.717) is 17.4 Å². The van der Waals surface area contributed by atoms with Crippen LogP contribution in [0, 0.1) is 12.8 Å².